The zero-order chi connectivity index (χ0) is 12.4. The number of thiazole rings is 1. The molecule has 0 bridgehead atoms. The Morgan fingerprint density at radius 2 is 2.33 bits per heavy atom. The summed E-state index contributed by atoms with van der Waals surface area (Å²) in [5.74, 6) is 0.823. The van der Waals surface area contributed by atoms with Crippen molar-refractivity contribution >= 4 is 17.2 Å². The fourth-order valence-corrected chi connectivity index (χ4v) is 3.15. The molecule has 1 aromatic heterocycles. The number of carbonyl (C=O) groups is 1. The molecule has 98 valence electrons. The minimum absolute atomic E-state index is 0.00150. The molecule has 1 amide bonds. The smallest absolute Gasteiger partial charge is 0.237 e. The highest BCUT2D eigenvalue weighted by atomic mass is 32.1. The summed E-state index contributed by atoms with van der Waals surface area (Å²) in [7, 11) is 0. The van der Waals surface area contributed by atoms with E-state index in [0.29, 0.717) is 12.5 Å². The van der Waals surface area contributed by atoms with E-state index in [1.165, 1.54) is 25.0 Å². The van der Waals surface area contributed by atoms with E-state index >= 15 is 0 Å². The third-order valence-corrected chi connectivity index (χ3v) is 4.47. The fourth-order valence-electron chi connectivity index (χ4n) is 2.33. The Morgan fingerprint density at radius 1 is 1.44 bits per heavy atom. The van der Waals surface area contributed by atoms with E-state index in [2.05, 4.69) is 21.0 Å². The van der Waals surface area contributed by atoms with Gasteiger partial charge in [-0.2, -0.15) is 0 Å². The van der Waals surface area contributed by atoms with E-state index in [4.69, 9.17) is 0 Å². The van der Waals surface area contributed by atoms with Crippen molar-refractivity contribution in [2.75, 3.05) is 6.54 Å². The van der Waals surface area contributed by atoms with Gasteiger partial charge in [-0.3, -0.25) is 4.79 Å². The maximum atomic E-state index is 11.9. The van der Waals surface area contributed by atoms with Crippen LogP contribution in [-0.4, -0.2) is 23.5 Å². The van der Waals surface area contributed by atoms with Gasteiger partial charge in [-0.1, -0.05) is 6.42 Å². The second kappa shape index (κ2) is 5.36. The highest BCUT2D eigenvalue weighted by Crippen LogP contribution is 2.40. The molecule has 2 N–H and O–H groups in total. The van der Waals surface area contributed by atoms with Crippen molar-refractivity contribution in [2.24, 2.45) is 0 Å². The highest BCUT2D eigenvalue weighted by molar-refractivity contribution is 7.09. The lowest BCUT2D eigenvalue weighted by Gasteiger charge is -2.22. The Labute approximate surface area is 111 Å². The minimum atomic E-state index is 0.00150. The molecular formula is C13H19N3OS. The topological polar surface area (TPSA) is 54.0 Å². The molecule has 2 fully saturated rings. The molecule has 0 aromatic carbocycles. The number of nitrogens with zero attached hydrogens (tertiary/aromatic N) is 1. The summed E-state index contributed by atoms with van der Waals surface area (Å²) in [6.07, 6.45) is 5.84. The van der Waals surface area contributed by atoms with E-state index in [-0.39, 0.29) is 11.9 Å². The Kier molecular flexibility index (Phi) is 3.61. The molecule has 2 aliphatic rings. The van der Waals surface area contributed by atoms with Crippen LogP contribution in [0.5, 0.6) is 0 Å². The van der Waals surface area contributed by atoms with Crippen molar-refractivity contribution in [1.29, 1.82) is 0 Å². The SMILES string of the molecule is O=C(NCc1nc(C2CC2)cs1)[C@H]1CCCCN1. The molecule has 5 heteroatoms. The zero-order valence-corrected chi connectivity index (χ0v) is 11.3. The standard InChI is InChI=1S/C13H19N3OS/c17-13(10-3-1-2-6-14-10)15-7-12-16-11(8-18-12)9-4-5-9/h8-10,14H,1-7H2,(H,15,17)/t10-/m1/s1. The van der Waals surface area contributed by atoms with Gasteiger partial charge in [0.1, 0.15) is 5.01 Å². The predicted octanol–water partition coefficient (Wildman–Crippen LogP) is 1.78. The monoisotopic (exact) mass is 265 g/mol. The lowest BCUT2D eigenvalue weighted by molar-refractivity contribution is -0.123. The molecule has 0 spiro atoms. The first-order valence-electron chi connectivity index (χ1n) is 6.78. The normalized spacial score (nSPS) is 23.9. The molecule has 18 heavy (non-hydrogen) atoms. The van der Waals surface area contributed by atoms with Crippen molar-refractivity contribution in [3.05, 3.63) is 16.1 Å². The highest BCUT2D eigenvalue weighted by Gasteiger charge is 2.26. The van der Waals surface area contributed by atoms with E-state index in [0.717, 1.165) is 24.4 Å². The third kappa shape index (κ3) is 2.90. The van der Waals surface area contributed by atoms with Gasteiger partial charge in [0.2, 0.25) is 5.91 Å². The maximum absolute atomic E-state index is 11.9. The quantitative estimate of drug-likeness (QED) is 0.872. The van der Waals surface area contributed by atoms with Gasteiger partial charge in [0.25, 0.3) is 0 Å². The molecule has 0 unspecified atom stereocenters. The first kappa shape index (κ1) is 12.1. The van der Waals surface area contributed by atoms with Crippen molar-refractivity contribution in [2.45, 2.75) is 50.6 Å². The molecule has 1 saturated heterocycles. The number of nitrogens with one attached hydrogen (secondary N) is 2. The number of carbonyl (C=O) groups excluding carboxylic acids is 1. The van der Waals surface area contributed by atoms with E-state index in [9.17, 15) is 4.79 Å². The molecule has 1 atom stereocenters. The predicted molar refractivity (Wildman–Crippen MR) is 71.6 cm³/mol. The summed E-state index contributed by atoms with van der Waals surface area (Å²) < 4.78 is 0. The Hall–Kier alpha value is -0.940. The average molecular weight is 265 g/mol. The molecule has 2 heterocycles. The van der Waals surface area contributed by atoms with Gasteiger partial charge >= 0.3 is 0 Å². The Morgan fingerprint density at radius 3 is 3.06 bits per heavy atom. The Bertz CT molecular complexity index is 422. The summed E-state index contributed by atoms with van der Waals surface area (Å²) >= 11 is 1.66. The molecule has 1 aliphatic carbocycles. The van der Waals surface area contributed by atoms with Crippen LogP contribution in [0.3, 0.4) is 0 Å². The number of piperidine rings is 1. The van der Waals surface area contributed by atoms with E-state index in [1.807, 2.05) is 0 Å². The number of hydrogen-bond donors (Lipinski definition) is 2. The van der Waals surface area contributed by atoms with E-state index in [1.54, 1.807) is 11.3 Å². The lowest BCUT2D eigenvalue weighted by Crippen LogP contribution is -2.46. The largest absolute Gasteiger partial charge is 0.348 e. The molecule has 1 saturated carbocycles. The Balaban J connectivity index is 1.48. The molecule has 4 nitrogen and oxygen atoms in total. The van der Waals surface area contributed by atoms with Crippen molar-refractivity contribution in [3.63, 3.8) is 0 Å². The van der Waals surface area contributed by atoms with Gasteiger partial charge in [-0.25, -0.2) is 4.98 Å². The summed E-state index contributed by atoms with van der Waals surface area (Å²) in [5, 5.41) is 9.41. The van der Waals surface area contributed by atoms with Crippen LogP contribution in [0, 0.1) is 0 Å². The van der Waals surface area contributed by atoms with Crippen LogP contribution in [-0.2, 0) is 11.3 Å². The van der Waals surface area contributed by atoms with Crippen molar-refractivity contribution in [1.82, 2.24) is 15.6 Å². The van der Waals surface area contributed by atoms with Gasteiger partial charge < -0.3 is 10.6 Å². The molecular weight excluding hydrogens is 246 g/mol. The second-order valence-electron chi connectivity index (χ2n) is 5.16. The van der Waals surface area contributed by atoms with E-state index < -0.39 is 0 Å². The molecule has 0 radical (unpaired) electrons. The summed E-state index contributed by atoms with van der Waals surface area (Å²) in [6.45, 7) is 1.54. The van der Waals surface area contributed by atoms with Crippen LogP contribution in [0.2, 0.25) is 0 Å². The maximum Gasteiger partial charge on any atom is 0.237 e. The molecule has 1 aromatic rings. The average Bonchev–Trinajstić information content (AvgIpc) is 3.16. The second-order valence-corrected chi connectivity index (χ2v) is 6.10. The van der Waals surface area contributed by atoms with Gasteiger partial charge in [0.15, 0.2) is 0 Å². The van der Waals surface area contributed by atoms with Crippen LogP contribution in [0.15, 0.2) is 5.38 Å². The number of amides is 1. The van der Waals surface area contributed by atoms with Crippen LogP contribution in [0.1, 0.15) is 48.7 Å². The minimum Gasteiger partial charge on any atom is -0.348 e. The summed E-state index contributed by atoms with van der Waals surface area (Å²) in [6, 6.07) is 0.00150. The van der Waals surface area contributed by atoms with Gasteiger partial charge in [-0.15, -0.1) is 11.3 Å². The number of aromatic nitrogens is 1. The zero-order valence-electron chi connectivity index (χ0n) is 10.4. The summed E-state index contributed by atoms with van der Waals surface area (Å²) in [5.41, 5.74) is 1.22. The third-order valence-electron chi connectivity index (χ3n) is 3.61. The van der Waals surface area contributed by atoms with Gasteiger partial charge in [-0.05, 0) is 32.2 Å². The lowest BCUT2D eigenvalue weighted by atomic mass is 10.0. The van der Waals surface area contributed by atoms with Gasteiger partial charge in [0.05, 0.1) is 18.3 Å². The number of hydrogen-bond acceptors (Lipinski definition) is 4. The van der Waals surface area contributed by atoms with Crippen molar-refractivity contribution < 1.29 is 4.79 Å². The first-order valence-corrected chi connectivity index (χ1v) is 7.66. The molecule has 1 aliphatic heterocycles. The van der Waals surface area contributed by atoms with Crippen LogP contribution in [0.4, 0.5) is 0 Å². The van der Waals surface area contributed by atoms with Crippen LogP contribution >= 0.6 is 11.3 Å². The van der Waals surface area contributed by atoms with Crippen LogP contribution in [0.25, 0.3) is 0 Å². The van der Waals surface area contributed by atoms with Crippen molar-refractivity contribution in [3.8, 4) is 0 Å². The first-order chi connectivity index (χ1) is 8.83. The summed E-state index contributed by atoms with van der Waals surface area (Å²) in [4.78, 5) is 16.5. The van der Waals surface area contributed by atoms with Crippen LogP contribution < -0.4 is 10.6 Å². The number of rotatable bonds is 4. The fraction of sp³-hybridized carbons (Fsp3) is 0.692. The van der Waals surface area contributed by atoms with Gasteiger partial charge in [0, 0.05) is 11.3 Å². The molecule has 3 rings (SSSR count).